The van der Waals surface area contributed by atoms with Crippen LogP contribution in [0.15, 0.2) is 48.5 Å². The van der Waals surface area contributed by atoms with E-state index in [0.29, 0.717) is 6.42 Å². The third-order valence-corrected chi connectivity index (χ3v) is 6.99. The Labute approximate surface area is 199 Å². The van der Waals surface area contributed by atoms with Gasteiger partial charge in [-0.3, -0.25) is 9.59 Å². The molecule has 0 heterocycles. The number of carbonyl (C=O) groups excluding carboxylic acids is 2. The molecule has 0 aromatic heterocycles. The third kappa shape index (κ3) is 5.08. The summed E-state index contributed by atoms with van der Waals surface area (Å²) < 4.78 is 5.64. The molecule has 0 spiro atoms. The fourth-order valence-corrected chi connectivity index (χ4v) is 4.89. The van der Waals surface area contributed by atoms with Gasteiger partial charge in [-0.15, -0.1) is 0 Å². The van der Waals surface area contributed by atoms with Gasteiger partial charge in [0.2, 0.25) is 5.91 Å². The number of carbonyl (C=O) groups is 3. The van der Waals surface area contributed by atoms with E-state index in [-0.39, 0.29) is 36.9 Å². The molecular formula is C27H32N2O5. The Bertz CT molecular complexity index is 1030. The van der Waals surface area contributed by atoms with Gasteiger partial charge in [-0.05, 0) is 55.4 Å². The average Bonchev–Trinajstić information content (AvgIpc) is 3.15. The molecule has 0 aliphatic heterocycles. The monoisotopic (exact) mass is 464 g/mol. The first-order chi connectivity index (χ1) is 16.3. The van der Waals surface area contributed by atoms with Gasteiger partial charge in [0.05, 0.1) is 5.41 Å². The van der Waals surface area contributed by atoms with Gasteiger partial charge in [-0.2, -0.15) is 0 Å². The molecule has 2 aliphatic carbocycles. The molecule has 1 fully saturated rings. The van der Waals surface area contributed by atoms with Gasteiger partial charge in [0, 0.05) is 24.4 Å². The minimum absolute atomic E-state index is 0.000576. The third-order valence-electron chi connectivity index (χ3n) is 6.99. The van der Waals surface area contributed by atoms with E-state index in [4.69, 9.17) is 4.74 Å². The highest BCUT2D eigenvalue weighted by molar-refractivity contribution is 5.81. The van der Waals surface area contributed by atoms with Crippen LogP contribution in [0.5, 0.6) is 0 Å². The molecule has 7 heteroatoms. The summed E-state index contributed by atoms with van der Waals surface area (Å²) >= 11 is 0. The molecule has 2 aromatic rings. The summed E-state index contributed by atoms with van der Waals surface area (Å²) in [5, 5.41) is 14.9. The highest BCUT2D eigenvalue weighted by Crippen LogP contribution is 2.44. The zero-order valence-electron chi connectivity index (χ0n) is 19.7. The lowest BCUT2D eigenvalue weighted by Gasteiger charge is -2.30. The van der Waals surface area contributed by atoms with Gasteiger partial charge in [0.15, 0.2) is 0 Å². The number of aliphatic carboxylic acids is 1. The molecule has 1 saturated carbocycles. The highest BCUT2D eigenvalue weighted by atomic mass is 16.5. The first kappa shape index (κ1) is 23.8. The second-order valence-corrected chi connectivity index (χ2v) is 9.94. The van der Waals surface area contributed by atoms with Crippen LogP contribution >= 0.6 is 0 Å². The maximum absolute atomic E-state index is 12.6. The Morgan fingerprint density at radius 1 is 1.00 bits per heavy atom. The molecule has 0 radical (unpaired) electrons. The Kier molecular flexibility index (Phi) is 6.91. The van der Waals surface area contributed by atoms with E-state index in [9.17, 15) is 19.5 Å². The smallest absolute Gasteiger partial charge is 0.407 e. The topological polar surface area (TPSA) is 105 Å². The summed E-state index contributed by atoms with van der Waals surface area (Å²) in [7, 11) is 0. The van der Waals surface area contributed by atoms with Crippen LogP contribution in [0.3, 0.4) is 0 Å². The molecule has 2 amide bonds. The largest absolute Gasteiger partial charge is 0.481 e. The molecule has 7 nitrogen and oxygen atoms in total. The van der Waals surface area contributed by atoms with Gasteiger partial charge < -0.3 is 20.5 Å². The molecule has 2 atom stereocenters. The van der Waals surface area contributed by atoms with Crippen molar-refractivity contribution in [2.45, 2.75) is 51.5 Å². The number of rotatable bonds is 7. The maximum Gasteiger partial charge on any atom is 0.407 e. The van der Waals surface area contributed by atoms with Gasteiger partial charge in [-0.1, -0.05) is 55.0 Å². The van der Waals surface area contributed by atoms with Crippen molar-refractivity contribution in [3.05, 3.63) is 59.7 Å². The van der Waals surface area contributed by atoms with E-state index < -0.39 is 17.5 Å². The SMILES string of the molecule is CC(C)(CNC(=O)[C@@H]1CCC[C@@H](NC(=O)OCC2c3ccccc3-c3ccccc32)C1)C(=O)O. The van der Waals surface area contributed by atoms with Gasteiger partial charge in [0.1, 0.15) is 6.61 Å². The lowest BCUT2D eigenvalue weighted by Crippen LogP contribution is -2.45. The van der Waals surface area contributed by atoms with Crippen LogP contribution in [-0.2, 0) is 14.3 Å². The van der Waals surface area contributed by atoms with Crippen LogP contribution < -0.4 is 10.6 Å². The number of carboxylic acid groups (broad SMARTS) is 1. The van der Waals surface area contributed by atoms with Crippen molar-refractivity contribution in [3.8, 4) is 11.1 Å². The van der Waals surface area contributed by atoms with Crippen molar-refractivity contribution in [1.29, 1.82) is 0 Å². The number of carboxylic acids is 1. The molecule has 180 valence electrons. The Morgan fingerprint density at radius 3 is 2.24 bits per heavy atom. The predicted octanol–water partition coefficient (Wildman–Crippen LogP) is 4.31. The Morgan fingerprint density at radius 2 is 1.62 bits per heavy atom. The van der Waals surface area contributed by atoms with E-state index in [0.717, 1.165) is 30.4 Å². The summed E-state index contributed by atoms with van der Waals surface area (Å²) in [6.07, 6.45) is 2.37. The molecule has 0 saturated heterocycles. The van der Waals surface area contributed by atoms with Crippen LogP contribution in [0, 0.1) is 11.3 Å². The number of ether oxygens (including phenoxy) is 1. The first-order valence-corrected chi connectivity index (χ1v) is 11.9. The Hall–Kier alpha value is -3.35. The number of amides is 2. The molecule has 2 aromatic carbocycles. The average molecular weight is 465 g/mol. The van der Waals surface area contributed by atoms with Crippen molar-refractivity contribution >= 4 is 18.0 Å². The number of fused-ring (bicyclic) bond motifs is 3. The van der Waals surface area contributed by atoms with Crippen molar-refractivity contribution in [1.82, 2.24) is 10.6 Å². The van der Waals surface area contributed by atoms with E-state index in [2.05, 4.69) is 34.9 Å². The second-order valence-electron chi connectivity index (χ2n) is 9.94. The lowest BCUT2D eigenvalue weighted by atomic mass is 9.84. The van der Waals surface area contributed by atoms with E-state index in [1.807, 2.05) is 24.3 Å². The summed E-state index contributed by atoms with van der Waals surface area (Å²) in [5.74, 6) is -1.36. The second kappa shape index (κ2) is 9.87. The normalized spacial score (nSPS) is 19.6. The molecule has 0 unspecified atom stereocenters. The molecule has 3 N–H and O–H groups in total. The fourth-order valence-electron chi connectivity index (χ4n) is 4.89. The number of hydrogen-bond acceptors (Lipinski definition) is 4. The van der Waals surface area contributed by atoms with Crippen LogP contribution in [0.25, 0.3) is 11.1 Å². The van der Waals surface area contributed by atoms with Crippen molar-refractivity contribution in [3.63, 3.8) is 0 Å². The van der Waals surface area contributed by atoms with E-state index in [1.54, 1.807) is 13.8 Å². The maximum atomic E-state index is 12.6. The fraction of sp³-hybridized carbons (Fsp3) is 0.444. The van der Waals surface area contributed by atoms with Gasteiger partial charge >= 0.3 is 12.1 Å². The molecule has 34 heavy (non-hydrogen) atoms. The van der Waals surface area contributed by atoms with E-state index in [1.165, 1.54) is 11.1 Å². The zero-order valence-corrected chi connectivity index (χ0v) is 19.7. The minimum atomic E-state index is -1.02. The number of alkyl carbamates (subject to hydrolysis) is 1. The van der Waals surface area contributed by atoms with E-state index >= 15 is 0 Å². The molecular weight excluding hydrogens is 432 g/mol. The minimum Gasteiger partial charge on any atom is -0.481 e. The highest BCUT2D eigenvalue weighted by Gasteiger charge is 2.33. The standard InChI is InChI=1S/C27H32N2O5/c1-27(2,25(31)32)16-28-24(30)17-8-7-9-18(14-17)29-26(33)34-15-23-21-12-5-3-10-19(21)20-11-4-6-13-22(20)23/h3-6,10-13,17-18,23H,7-9,14-16H2,1-2H3,(H,28,30)(H,29,33)(H,31,32)/t17-,18-/m1/s1. The zero-order chi connectivity index (χ0) is 24.3. The van der Waals surface area contributed by atoms with Gasteiger partial charge in [-0.25, -0.2) is 4.79 Å². The van der Waals surface area contributed by atoms with Gasteiger partial charge in [0.25, 0.3) is 0 Å². The van der Waals surface area contributed by atoms with Crippen molar-refractivity contribution in [2.75, 3.05) is 13.2 Å². The summed E-state index contributed by atoms with van der Waals surface area (Å²) in [4.78, 5) is 36.4. The molecule has 0 bridgehead atoms. The van der Waals surface area contributed by atoms with Crippen LogP contribution in [0.2, 0.25) is 0 Å². The Balaban J connectivity index is 1.30. The number of hydrogen-bond donors (Lipinski definition) is 3. The van der Waals surface area contributed by atoms with Crippen molar-refractivity contribution < 1.29 is 24.2 Å². The quantitative estimate of drug-likeness (QED) is 0.566. The number of nitrogens with one attached hydrogen (secondary N) is 2. The predicted molar refractivity (Wildman–Crippen MR) is 128 cm³/mol. The summed E-state index contributed by atoms with van der Waals surface area (Å²) in [6.45, 7) is 3.49. The molecule has 4 rings (SSSR count). The summed E-state index contributed by atoms with van der Waals surface area (Å²) in [6, 6.07) is 16.2. The lowest BCUT2D eigenvalue weighted by molar-refractivity contribution is -0.147. The summed E-state index contributed by atoms with van der Waals surface area (Å²) in [5.41, 5.74) is 3.66. The number of benzene rings is 2. The van der Waals surface area contributed by atoms with Crippen LogP contribution in [0.1, 0.15) is 56.6 Å². The van der Waals surface area contributed by atoms with Crippen LogP contribution in [-0.4, -0.2) is 42.3 Å². The van der Waals surface area contributed by atoms with Crippen LogP contribution in [0.4, 0.5) is 4.79 Å². The first-order valence-electron chi connectivity index (χ1n) is 11.9. The molecule has 2 aliphatic rings. The van der Waals surface area contributed by atoms with Crippen molar-refractivity contribution in [2.24, 2.45) is 11.3 Å².